The standard InChI is InChI=1S/C11H12N2O4/c1-2-17-11(14)12-6-8-3-4-10(13(15)16)5-9(8)7-12/h3-5H,2,6-7H2,1H3. The van der Waals surface area contributed by atoms with E-state index in [4.69, 9.17) is 4.74 Å². The van der Waals surface area contributed by atoms with Gasteiger partial charge in [0.1, 0.15) is 0 Å². The topological polar surface area (TPSA) is 72.7 Å². The molecule has 0 aliphatic carbocycles. The molecule has 1 heterocycles. The highest BCUT2D eigenvalue weighted by Gasteiger charge is 2.25. The Balaban J connectivity index is 2.16. The van der Waals surface area contributed by atoms with Gasteiger partial charge >= 0.3 is 6.09 Å². The van der Waals surface area contributed by atoms with E-state index >= 15 is 0 Å². The molecule has 1 aliphatic heterocycles. The summed E-state index contributed by atoms with van der Waals surface area (Å²) in [5, 5.41) is 10.6. The fourth-order valence-electron chi connectivity index (χ4n) is 1.84. The molecular formula is C11H12N2O4. The van der Waals surface area contributed by atoms with E-state index in [1.807, 2.05) is 0 Å². The number of carbonyl (C=O) groups excluding carboxylic acids is 1. The van der Waals surface area contributed by atoms with Crippen molar-refractivity contribution >= 4 is 11.8 Å². The van der Waals surface area contributed by atoms with E-state index in [9.17, 15) is 14.9 Å². The lowest BCUT2D eigenvalue weighted by molar-refractivity contribution is -0.384. The predicted molar refractivity (Wildman–Crippen MR) is 59.4 cm³/mol. The summed E-state index contributed by atoms with van der Waals surface area (Å²) in [7, 11) is 0. The Bertz CT molecular complexity index is 473. The van der Waals surface area contributed by atoms with Crippen molar-refractivity contribution in [2.75, 3.05) is 6.61 Å². The van der Waals surface area contributed by atoms with Gasteiger partial charge in [-0.1, -0.05) is 6.07 Å². The molecule has 17 heavy (non-hydrogen) atoms. The van der Waals surface area contributed by atoms with Crippen LogP contribution in [0.25, 0.3) is 0 Å². The third kappa shape index (κ3) is 2.20. The van der Waals surface area contributed by atoms with Gasteiger partial charge < -0.3 is 4.74 Å². The highest BCUT2D eigenvalue weighted by molar-refractivity contribution is 5.69. The molecule has 1 aliphatic rings. The average Bonchev–Trinajstić information content (AvgIpc) is 2.71. The molecular weight excluding hydrogens is 224 g/mol. The summed E-state index contributed by atoms with van der Waals surface area (Å²) >= 11 is 0. The Labute approximate surface area is 97.9 Å². The molecule has 90 valence electrons. The third-order valence-electron chi connectivity index (χ3n) is 2.65. The van der Waals surface area contributed by atoms with Crippen molar-refractivity contribution in [3.05, 3.63) is 39.4 Å². The maximum Gasteiger partial charge on any atom is 0.410 e. The number of ether oxygens (including phenoxy) is 1. The van der Waals surface area contributed by atoms with Crippen LogP contribution in [0.2, 0.25) is 0 Å². The Hall–Kier alpha value is -2.11. The molecule has 6 heteroatoms. The van der Waals surface area contributed by atoms with Gasteiger partial charge in [-0.05, 0) is 18.1 Å². The number of carbonyl (C=O) groups is 1. The van der Waals surface area contributed by atoms with Crippen LogP contribution in [0, 0.1) is 10.1 Å². The Morgan fingerprint density at radius 3 is 2.82 bits per heavy atom. The summed E-state index contributed by atoms with van der Waals surface area (Å²) in [5.41, 5.74) is 1.80. The van der Waals surface area contributed by atoms with Crippen molar-refractivity contribution < 1.29 is 14.5 Å². The summed E-state index contributed by atoms with van der Waals surface area (Å²) in [4.78, 5) is 23.2. The van der Waals surface area contributed by atoms with E-state index in [1.54, 1.807) is 13.0 Å². The number of hydrogen-bond donors (Lipinski definition) is 0. The predicted octanol–water partition coefficient (Wildman–Crippen LogP) is 2.07. The number of rotatable bonds is 2. The Kier molecular flexibility index (Phi) is 2.95. The van der Waals surface area contributed by atoms with Crippen molar-refractivity contribution in [1.82, 2.24) is 4.90 Å². The molecule has 0 N–H and O–H groups in total. The van der Waals surface area contributed by atoms with E-state index < -0.39 is 4.92 Å². The second kappa shape index (κ2) is 4.40. The second-order valence-electron chi connectivity index (χ2n) is 3.77. The largest absolute Gasteiger partial charge is 0.450 e. The summed E-state index contributed by atoms with van der Waals surface area (Å²) in [6, 6.07) is 4.65. The van der Waals surface area contributed by atoms with Gasteiger partial charge in [-0.2, -0.15) is 0 Å². The van der Waals surface area contributed by atoms with Crippen LogP contribution < -0.4 is 0 Å². The van der Waals surface area contributed by atoms with E-state index in [-0.39, 0.29) is 11.8 Å². The van der Waals surface area contributed by atoms with Crippen LogP contribution in [0.5, 0.6) is 0 Å². The molecule has 0 unspecified atom stereocenters. The van der Waals surface area contributed by atoms with Gasteiger partial charge in [0.15, 0.2) is 0 Å². The fourth-order valence-corrected chi connectivity index (χ4v) is 1.84. The van der Waals surface area contributed by atoms with Crippen molar-refractivity contribution in [2.45, 2.75) is 20.0 Å². The van der Waals surface area contributed by atoms with Gasteiger partial charge in [0.05, 0.1) is 11.5 Å². The number of fused-ring (bicyclic) bond motifs is 1. The van der Waals surface area contributed by atoms with Gasteiger partial charge in [0.25, 0.3) is 5.69 Å². The lowest BCUT2D eigenvalue weighted by Crippen LogP contribution is -2.25. The third-order valence-corrected chi connectivity index (χ3v) is 2.65. The maximum atomic E-state index is 11.5. The zero-order valence-corrected chi connectivity index (χ0v) is 9.38. The number of nitrogens with zero attached hydrogens (tertiary/aromatic N) is 2. The number of nitro groups is 1. The molecule has 0 saturated heterocycles. The van der Waals surface area contributed by atoms with Crippen molar-refractivity contribution in [1.29, 1.82) is 0 Å². The summed E-state index contributed by atoms with van der Waals surface area (Å²) in [6.45, 7) is 2.89. The first-order valence-corrected chi connectivity index (χ1v) is 5.29. The van der Waals surface area contributed by atoms with E-state index in [2.05, 4.69) is 0 Å². The van der Waals surface area contributed by atoms with Gasteiger partial charge in [-0.3, -0.25) is 15.0 Å². The van der Waals surface area contributed by atoms with Gasteiger partial charge in [0, 0.05) is 25.2 Å². The highest BCUT2D eigenvalue weighted by atomic mass is 16.6. The quantitative estimate of drug-likeness (QED) is 0.582. The summed E-state index contributed by atoms with van der Waals surface area (Å²) in [5.74, 6) is 0. The first-order valence-electron chi connectivity index (χ1n) is 5.29. The molecule has 0 atom stereocenters. The molecule has 6 nitrogen and oxygen atoms in total. The molecule has 2 rings (SSSR count). The zero-order valence-electron chi connectivity index (χ0n) is 9.38. The first-order chi connectivity index (χ1) is 8.11. The van der Waals surface area contributed by atoms with Crippen molar-refractivity contribution in [3.8, 4) is 0 Å². The van der Waals surface area contributed by atoms with E-state index in [0.717, 1.165) is 11.1 Å². The zero-order chi connectivity index (χ0) is 12.4. The number of benzene rings is 1. The van der Waals surface area contributed by atoms with Gasteiger partial charge in [-0.25, -0.2) is 4.79 Å². The molecule has 1 aromatic carbocycles. The SMILES string of the molecule is CCOC(=O)N1Cc2ccc([N+](=O)[O-])cc2C1. The normalized spacial score (nSPS) is 13.4. The highest BCUT2D eigenvalue weighted by Crippen LogP contribution is 2.26. The minimum atomic E-state index is -0.437. The van der Waals surface area contributed by atoms with Crippen LogP contribution >= 0.6 is 0 Å². The van der Waals surface area contributed by atoms with Gasteiger partial charge in [0.2, 0.25) is 0 Å². The number of amides is 1. The smallest absolute Gasteiger partial charge is 0.410 e. The van der Waals surface area contributed by atoms with Crippen molar-refractivity contribution in [2.24, 2.45) is 0 Å². The van der Waals surface area contributed by atoms with Gasteiger partial charge in [-0.15, -0.1) is 0 Å². The van der Waals surface area contributed by atoms with Crippen LogP contribution in [0.4, 0.5) is 10.5 Å². The van der Waals surface area contributed by atoms with E-state index in [1.165, 1.54) is 17.0 Å². The minimum Gasteiger partial charge on any atom is -0.450 e. The molecule has 0 spiro atoms. The van der Waals surface area contributed by atoms with Crippen LogP contribution in [0.15, 0.2) is 18.2 Å². The number of nitro benzene ring substituents is 1. The summed E-state index contributed by atoms with van der Waals surface area (Å²) < 4.78 is 4.89. The Morgan fingerprint density at radius 2 is 2.18 bits per heavy atom. The fraction of sp³-hybridized carbons (Fsp3) is 0.364. The minimum absolute atomic E-state index is 0.0504. The number of hydrogen-bond acceptors (Lipinski definition) is 4. The molecule has 0 radical (unpaired) electrons. The summed E-state index contributed by atoms with van der Waals surface area (Å²) in [6.07, 6.45) is -0.383. The molecule has 1 aromatic rings. The molecule has 1 amide bonds. The molecule has 0 aromatic heterocycles. The first kappa shape index (κ1) is 11.4. The van der Waals surface area contributed by atoms with Crippen LogP contribution in [0.1, 0.15) is 18.1 Å². The molecule has 0 saturated carbocycles. The second-order valence-corrected chi connectivity index (χ2v) is 3.77. The molecule has 0 bridgehead atoms. The Morgan fingerprint density at radius 1 is 1.47 bits per heavy atom. The van der Waals surface area contributed by atoms with Crippen LogP contribution in [0.3, 0.4) is 0 Å². The van der Waals surface area contributed by atoms with Crippen LogP contribution in [-0.2, 0) is 17.8 Å². The monoisotopic (exact) mass is 236 g/mol. The number of non-ortho nitro benzene ring substituents is 1. The lowest BCUT2D eigenvalue weighted by atomic mass is 10.1. The average molecular weight is 236 g/mol. The van der Waals surface area contributed by atoms with Crippen LogP contribution in [-0.4, -0.2) is 22.5 Å². The lowest BCUT2D eigenvalue weighted by Gasteiger charge is -2.13. The van der Waals surface area contributed by atoms with E-state index in [0.29, 0.717) is 19.7 Å². The van der Waals surface area contributed by atoms with Crippen molar-refractivity contribution in [3.63, 3.8) is 0 Å². The molecule has 0 fully saturated rings. The maximum absolute atomic E-state index is 11.5.